The molecule has 2 aromatic rings. The van der Waals surface area contributed by atoms with Crippen LogP contribution in [0, 0.1) is 13.8 Å². The topological polar surface area (TPSA) is 76.2 Å². The monoisotopic (exact) mass is 297 g/mol. The van der Waals surface area contributed by atoms with Crippen LogP contribution in [0.5, 0.6) is 0 Å². The highest BCUT2D eigenvalue weighted by atomic mass is 15.2. The molecular weight excluding hydrogens is 274 g/mol. The molecule has 0 spiro atoms. The Kier molecular flexibility index (Phi) is 5.47. The predicted octanol–water partition coefficient (Wildman–Crippen LogP) is 3.01. The first-order valence-electron chi connectivity index (χ1n) is 7.52. The molecule has 22 heavy (non-hydrogen) atoms. The lowest BCUT2D eigenvalue weighted by molar-refractivity contribution is 0.675. The summed E-state index contributed by atoms with van der Waals surface area (Å²) in [6, 6.07) is 12.3. The van der Waals surface area contributed by atoms with Crippen LogP contribution >= 0.6 is 0 Å². The van der Waals surface area contributed by atoms with E-state index in [9.17, 15) is 0 Å². The number of nitrogens with two attached hydrogens (primary N) is 1. The molecule has 5 nitrogen and oxygen atoms in total. The van der Waals surface area contributed by atoms with E-state index >= 15 is 0 Å². The molecule has 1 aromatic carbocycles. The van der Waals surface area contributed by atoms with Gasteiger partial charge in [-0.25, -0.2) is 9.97 Å². The Morgan fingerprint density at radius 2 is 1.82 bits per heavy atom. The third-order valence-electron chi connectivity index (χ3n) is 3.47. The molecule has 1 aromatic heterocycles. The summed E-state index contributed by atoms with van der Waals surface area (Å²) in [7, 11) is 0. The zero-order valence-electron chi connectivity index (χ0n) is 13.4. The van der Waals surface area contributed by atoms with Crippen molar-refractivity contribution in [3.8, 4) is 0 Å². The Hall–Kier alpha value is -2.43. The van der Waals surface area contributed by atoms with Gasteiger partial charge in [-0.3, -0.25) is 10.3 Å². The number of aryl methyl sites for hydroxylation is 2. The van der Waals surface area contributed by atoms with Crippen LogP contribution in [0.3, 0.4) is 0 Å². The summed E-state index contributed by atoms with van der Waals surface area (Å²) >= 11 is 0. The molecule has 1 heterocycles. The van der Waals surface area contributed by atoms with Crippen LogP contribution in [0.2, 0.25) is 0 Å². The molecule has 0 radical (unpaired) electrons. The molecular formula is C17H23N5. The molecule has 0 aliphatic rings. The third kappa shape index (κ3) is 4.55. The number of anilines is 1. The lowest BCUT2D eigenvalue weighted by atomic mass is 9.97. The Bertz CT molecular complexity index is 617. The van der Waals surface area contributed by atoms with E-state index in [0.29, 0.717) is 24.4 Å². The van der Waals surface area contributed by atoms with E-state index in [1.807, 2.05) is 38.1 Å². The molecule has 0 bridgehead atoms. The van der Waals surface area contributed by atoms with E-state index in [1.54, 1.807) is 0 Å². The van der Waals surface area contributed by atoms with E-state index in [2.05, 4.69) is 39.3 Å². The molecule has 1 atom stereocenters. The SMILES string of the molecule is CCC(CN=C(N)Nc1nc(C)cc(C)n1)c1ccccc1. The highest BCUT2D eigenvalue weighted by molar-refractivity contribution is 5.90. The van der Waals surface area contributed by atoms with Gasteiger partial charge >= 0.3 is 0 Å². The normalized spacial score (nSPS) is 13.0. The number of hydrogen-bond donors (Lipinski definition) is 2. The van der Waals surface area contributed by atoms with Crippen LogP contribution in [0.15, 0.2) is 41.4 Å². The minimum absolute atomic E-state index is 0.347. The molecule has 2 rings (SSSR count). The van der Waals surface area contributed by atoms with Crippen molar-refractivity contribution >= 4 is 11.9 Å². The molecule has 3 N–H and O–H groups in total. The lowest BCUT2D eigenvalue weighted by Crippen LogP contribution is -2.25. The lowest BCUT2D eigenvalue weighted by Gasteiger charge is -2.13. The quantitative estimate of drug-likeness (QED) is 0.657. The first kappa shape index (κ1) is 15.9. The van der Waals surface area contributed by atoms with Gasteiger partial charge in [0, 0.05) is 23.9 Å². The molecule has 0 aliphatic carbocycles. The molecule has 0 saturated heterocycles. The molecule has 0 amide bonds. The van der Waals surface area contributed by atoms with Crippen LogP contribution in [-0.2, 0) is 0 Å². The van der Waals surface area contributed by atoms with Crippen LogP contribution in [-0.4, -0.2) is 22.5 Å². The van der Waals surface area contributed by atoms with Gasteiger partial charge in [0.25, 0.3) is 0 Å². The highest BCUT2D eigenvalue weighted by Gasteiger charge is 2.08. The number of rotatable bonds is 5. The number of benzene rings is 1. The molecule has 116 valence electrons. The number of nitrogens with one attached hydrogen (secondary N) is 1. The maximum Gasteiger partial charge on any atom is 0.229 e. The van der Waals surface area contributed by atoms with Crippen molar-refractivity contribution in [3.05, 3.63) is 53.3 Å². The van der Waals surface area contributed by atoms with Crippen LogP contribution in [0.4, 0.5) is 5.95 Å². The Morgan fingerprint density at radius 1 is 1.18 bits per heavy atom. The Balaban J connectivity index is 2.02. The van der Waals surface area contributed by atoms with Gasteiger partial charge in [-0.2, -0.15) is 0 Å². The van der Waals surface area contributed by atoms with E-state index in [1.165, 1.54) is 5.56 Å². The highest BCUT2D eigenvalue weighted by Crippen LogP contribution is 2.19. The summed E-state index contributed by atoms with van der Waals surface area (Å²) < 4.78 is 0. The summed E-state index contributed by atoms with van der Waals surface area (Å²) in [5.74, 6) is 1.20. The average Bonchev–Trinajstić information content (AvgIpc) is 2.48. The fraction of sp³-hybridized carbons (Fsp3) is 0.353. The van der Waals surface area contributed by atoms with Crippen molar-refractivity contribution in [2.24, 2.45) is 10.7 Å². The second-order valence-corrected chi connectivity index (χ2v) is 5.34. The van der Waals surface area contributed by atoms with Crippen molar-refractivity contribution < 1.29 is 0 Å². The number of hydrogen-bond acceptors (Lipinski definition) is 3. The summed E-state index contributed by atoms with van der Waals surface area (Å²) in [6.07, 6.45) is 1.01. The van der Waals surface area contributed by atoms with Gasteiger partial charge in [0.05, 0.1) is 0 Å². The number of aliphatic imine (C=N–C) groups is 1. The zero-order chi connectivity index (χ0) is 15.9. The van der Waals surface area contributed by atoms with Crippen molar-refractivity contribution in [2.45, 2.75) is 33.1 Å². The van der Waals surface area contributed by atoms with Crippen molar-refractivity contribution in [1.29, 1.82) is 0 Å². The Morgan fingerprint density at radius 3 is 2.41 bits per heavy atom. The van der Waals surface area contributed by atoms with Crippen molar-refractivity contribution in [3.63, 3.8) is 0 Å². The maximum atomic E-state index is 5.95. The number of guanidine groups is 1. The van der Waals surface area contributed by atoms with Crippen LogP contribution in [0.25, 0.3) is 0 Å². The van der Waals surface area contributed by atoms with Gasteiger partial charge in [-0.15, -0.1) is 0 Å². The minimum Gasteiger partial charge on any atom is -0.370 e. The van der Waals surface area contributed by atoms with Gasteiger partial charge in [0.2, 0.25) is 5.95 Å². The van der Waals surface area contributed by atoms with Crippen molar-refractivity contribution in [1.82, 2.24) is 9.97 Å². The van der Waals surface area contributed by atoms with Crippen LogP contribution in [0.1, 0.15) is 36.2 Å². The summed E-state index contributed by atoms with van der Waals surface area (Å²) in [6.45, 7) is 6.65. The second-order valence-electron chi connectivity index (χ2n) is 5.34. The third-order valence-corrected chi connectivity index (χ3v) is 3.47. The largest absolute Gasteiger partial charge is 0.370 e. The molecule has 0 fully saturated rings. The van der Waals surface area contributed by atoms with Gasteiger partial charge in [0.15, 0.2) is 5.96 Å². The molecule has 1 unspecified atom stereocenters. The fourth-order valence-electron chi connectivity index (χ4n) is 2.34. The van der Waals surface area contributed by atoms with Crippen molar-refractivity contribution in [2.75, 3.05) is 11.9 Å². The first-order valence-corrected chi connectivity index (χ1v) is 7.52. The van der Waals surface area contributed by atoms with Gasteiger partial charge in [-0.1, -0.05) is 37.3 Å². The predicted molar refractivity (Wildman–Crippen MR) is 91.1 cm³/mol. The van der Waals surface area contributed by atoms with E-state index in [-0.39, 0.29) is 0 Å². The Labute approximate surface area is 131 Å². The summed E-state index contributed by atoms with van der Waals surface area (Å²) in [4.78, 5) is 13.0. The standard InChI is InChI=1S/C17H23N5/c1-4-14(15-8-6-5-7-9-15)11-19-16(18)22-17-20-12(2)10-13(3)21-17/h5-10,14H,4,11H2,1-3H3,(H3,18,19,20,21,22). The number of aromatic nitrogens is 2. The smallest absolute Gasteiger partial charge is 0.229 e. The fourth-order valence-corrected chi connectivity index (χ4v) is 2.34. The first-order chi connectivity index (χ1) is 10.6. The summed E-state index contributed by atoms with van der Waals surface area (Å²) in [5.41, 5.74) is 9.03. The van der Waals surface area contributed by atoms with Gasteiger partial charge in [0.1, 0.15) is 0 Å². The molecule has 0 aliphatic heterocycles. The van der Waals surface area contributed by atoms with E-state index < -0.39 is 0 Å². The average molecular weight is 297 g/mol. The number of nitrogens with zero attached hydrogens (tertiary/aromatic N) is 3. The van der Waals surface area contributed by atoms with Gasteiger partial charge < -0.3 is 5.73 Å². The molecule has 0 saturated carbocycles. The van der Waals surface area contributed by atoms with E-state index in [4.69, 9.17) is 5.73 Å². The molecule has 5 heteroatoms. The zero-order valence-corrected chi connectivity index (χ0v) is 13.4. The van der Waals surface area contributed by atoms with Crippen LogP contribution < -0.4 is 11.1 Å². The minimum atomic E-state index is 0.347. The summed E-state index contributed by atoms with van der Waals surface area (Å²) in [5, 5.41) is 2.96. The van der Waals surface area contributed by atoms with Gasteiger partial charge in [-0.05, 0) is 31.9 Å². The van der Waals surface area contributed by atoms with E-state index in [0.717, 1.165) is 17.8 Å². The maximum absolute atomic E-state index is 5.95. The second kappa shape index (κ2) is 7.54.